The van der Waals surface area contributed by atoms with Gasteiger partial charge in [-0.05, 0) is 42.0 Å². The number of carbonyl (C=O) groups excluding carboxylic acids is 1. The van der Waals surface area contributed by atoms with Crippen molar-refractivity contribution in [1.29, 1.82) is 0 Å². The van der Waals surface area contributed by atoms with Gasteiger partial charge in [0, 0.05) is 27.7 Å². The first-order valence-electron chi connectivity index (χ1n) is 9.00. The summed E-state index contributed by atoms with van der Waals surface area (Å²) in [5, 5.41) is 0. The predicted octanol–water partition coefficient (Wildman–Crippen LogP) is 2.11. The lowest BCUT2D eigenvalue weighted by Gasteiger charge is -2.28. The molecule has 0 spiro atoms. The van der Waals surface area contributed by atoms with Crippen molar-refractivity contribution in [2.75, 3.05) is 46.2 Å². The predicted molar refractivity (Wildman–Crippen MR) is 112 cm³/mol. The molecule has 10 heteroatoms. The second-order valence-corrected chi connectivity index (χ2v) is 8.78. The van der Waals surface area contributed by atoms with Crippen LogP contribution in [-0.2, 0) is 21.5 Å². The molecular weight excluding hydrogens is 413 g/mol. The Kier molecular flexibility index (Phi) is 7.63. The van der Waals surface area contributed by atoms with E-state index in [9.17, 15) is 17.6 Å². The van der Waals surface area contributed by atoms with Gasteiger partial charge in [-0.25, -0.2) is 8.70 Å². The average molecular weight is 440 g/mol. The molecule has 2 aromatic carbocycles. The van der Waals surface area contributed by atoms with Crippen LogP contribution in [0.3, 0.4) is 0 Å². The van der Waals surface area contributed by atoms with Gasteiger partial charge in [0.2, 0.25) is 5.91 Å². The van der Waals surface area contributed by atoms with Crippen LogP contribution >= 0.6 is 0 Å². The van der Waals surface area contributed by atoms with Gasteiger partial charge in [-0.2, -0.15) is 12.7 Å². The molecule has 0 radical (unpaired) electrons. The molecule has 2 aromatic rings. The van der Waals surface area contributed by atoms with Crippen molar-refractivity contribution < 1.29 is 27.1 Å². The van der Waals surface area contributed by atoms with Gasteiger partial charge in [0.15, 0.2) is 11.5 Å². The molecule has 0 saturated heterocycles. The molecule has 30 heavy (non-hydrogen) atoms. The van der Waals surface area contributed by atoms with Crippen LogP contribution < -0.4 is 13.8 Å². The Hall–Kier alpha value is -2.85. The molecular formula is C20H26FN3O5S. The van der Waals surface area contributed by atoms with Gasteiger partial charge in [0.25, 0.3) is 0 Å². The van der Waals surface area contributed by atoms with Crippen molar-refractivity contribution in [3.8, 4) is 11.5 Å². The quantitative estimate of drug-likeness (QED) is 0.598. The van der Waals surface area contributed by atoms with Gasteiger partial charge in [-0.1, -0.05) is 6.07 Å². The lowest BCUT2D eigenvalue weighted by Crippen LogP contribution is -2.46. The molecule has 0 unspecified atom stereocenters. The molecule has 0 aliphatic rings. The third kappa shape index (κ3) is 5.39. The molecule has 0 aliphatic carbocycles. The SMILES string of the molecule is COc1ccc(CN(C)C(=O)CN(c2ccc(F)cc2)S(=O)(=O)N(C)C)cc1OC. The van der Waals surface area contributed by atoms with E-state index in [0.717, 1.165) is 26.3 Å². The Balaban J connectivity index is 2.23. The monoisotopic (exact) mass is 439 g/mol. The van der Waals surface area contributed by atoms with Crippen LogP contribution in [-0.4, -0.2) is 65.4 Å². The summed E-state index contributed by atoms with van der Waals surface area (Å²) in [7, 11) is 3.38. The third-order valence-electron chi connectivity index (χ3n) is 4.43. The fourth-order valence-electron chi connectivity index (χ4n) is 2.70. The second-order valence-electron chi connectivity index (χ2n) is 6.71. The molecule has 0 aromatic heterocycles. The second kappa shape index (κ2) is 9.77. The highest BCUT2D eigenvalue weighted by Gasteiger charge is 2.28. The number of nitrogens with zero attached hydrogens (tertiary/aromatic N) is 3. The minimum Gasteiger partial charge on any atom is -0.493 e. The highest BCUT2D eigenvalue weighted by atomic mass is 32.2. The minimum atomic E-state index is -3.97. The van der Waals surface area contributed by atoms with Crippen LogP contribution in [0.5, 0.6) is 11.5 Å². The summed E-state index contributed by atoms with van der Waals surface area (Å²) in [5.74, 6) is 0.158. The van der Waals surface area contributed by atoms with Gasteiger partial charge in [0.05, 0.1) is 19.9 Å². The number of benzene rings is 2. The van der Waals surface area contributed by atoms with Gasteiger partial charge in [0.1, 0.15) is 12.4 Å². The molecule has 0 fully saturated rings. The van der Waals surface area contributed by atoms with E-state index >= 15 is 0 Å². The first kappa shape index (κ1) is 23.4. The number of hydrogen-bond acceptors (Lipinski definition) is 5. The Morgan fingerprint density at radius 1 is 0.967 bits per heavy atom. The lowest BCUT2D eigenvalue weighted by atomic mass is 10.2. The molecule has 0 atom stereocenters. The van der Waals surface area contributed by atoms with Crippen molar-refractivity contribution in [3.05, 3.63) is 53.8 Å². The van der Waals surface area contributed by atoms with Crippen molar-refractivity contribution in [3.63, 3.8) is 0 Å². The van der Waals surface area contributed by atoms with Gasteiger partial charge in [-0.15, -0.1) is 0 Å². The van der Waals surface area contributed by atoms with Crippen LogP contribution in [0.4, 0.5) is 10.1 Å². The lowest BCUT2D eigenvalue weighted by molar-refractivity contribution is -0.128. The van der Waals surface area contributed by atoms with Crippen molar-refractivity contribution in [1.82, 2.24) is 9.21 Å². The molecule has 8 nitrogen and oxygen atoms in total. The van der Waals surface area contributed by atoms with Crippen molar-refractivity contribution in [2.45, 2.75) is 6.54 Å². The van der Waals surface area contributed by atoms with E-state index in [-0.39, 0.29) is 12.2 Å². The number of amides is 1. The number of ether oxygens (including phenoxy) is 2. The Labute approximate surface area is 176 Å². The molecule has 164 valence electrons. The molecule has 0 heterocycles. The Bertz CT molecular complexity index is 980. The highest BCUT2D eigenvalue weighted by molar-refractivity contribution is 7.90. The fourth-order valence-corrected chi connectivity index (χ4v) is 3.75. The maximum absolute atomic E-state index is 13.3. The number of halogens is 1. The number of likely N-dealkylation sites (N-methyl/N-ethyl adjacent to an activating group) is 1. The fraction of sp³-hybridized carbons (Fsp3) is 0.350. The maximum Gasteiger partial charge on any atom is 0.304 e. The summed E-state index contributed by atoms with van der Waals surface area (Å²) in [6, 6.07) is 10.2. The molecule has 0 saturated carbocycles. The van der Waals surface area contributed by atoms with E-state index < -0.39 is 28.5 Å². The van der Waals surface area contributed by atoms with E-state index in [0.29, 0.717) is 11.5 Å². The first-order valence-corrected chi connectivity index (χ1v) is 10.4. The van der Waals surface area contributed by atoms with E-state index in [1.54, 1.807) is 25.2 Å². The minimum absolute atomic E-state index is 0.193. The summed E-state index contributed by atoms with van der Waals surface area (Å²) < 4.78 is 51.2. The van der Waals surface area contributed by atoms with Crippen LogP contribution in [0.2, 0.25) is 0 Å². The highest BCUT2D eigenvalue weighted by Crippen LogP contribution is 2.28. The number of carbonyl (C=O) groups is 1. The maximum atomic E-state index is 13.3. The molecule has 2 rings (SSSR count). The van der Waals surface area contributed by atoms with Crippen LogP contribution in [0.1, 0.15) is 5.56 Å². The molecule has 0 N–H and O–H groups in total. The number of anilines is 1. The topological polar surface area (TPSA) is 79.4 Å². The van der Waals surface area contributed by atoms with Crippen molar-refractivity contribution in [2.24, 2.45) is 0 Å². The largest absolute Gasteiger partial charge is 0.493 e. The number of rotatable bonds is 9. The zero-order valence-corrected chi connectivity index (χ0v) is 18.4. The van der Waals surface area contributed by atoms with E-state index in [1.807, 2.05) is 0 Å². The first-order chi connectivity index (χ1) is 14.1. The molecule has 0 aliphatic heterocycles. The smallest absolute Gasteiger partial charge is 0.304 e. The summed E-state index contributed by atoms with van der Waals surface area (Å²) >= 11 is 0. The van der Waals surface area contributed by atoms with E-state index in [2.05, 4.69) is 0 Å². The molecule has 1 amide bonds. The third-order valence-corrected chi connectivity index (χ3v) is 6.25. The van der Waals surface area contributed by atoms with Gasteiger partial charge in [-0.3, -0.25) is 4.79 Å². The standard InChI is InChI=1S/C20H26FN3O5S/c1-22(2)30(26,27)24(17-9-7-16(21)8-10-17)14-20(25)23(3)13-15-6-11-18(28-4)19(12-15)29-5/h6-12H,13-14H2,1-5H3. The number of hydrogen-bond donors (Lipinski definition) is 0. The molecule has 0 bridgehead atoms. The summed E-state index contributed by atoms with van der Waals surface area (Å²) in [4.78, 5) is 14.2. The summed E-state index contributed by atoms with van der Waals surface area (Å²) in [6.45, 7) is -0.200. The van der Waals surface area contributed by atoms with Gasteiger partial charge < -0.3 is 14.4 Å². The van der Waals surface area contributed by atoms with Crippen LogP contribution in [0.15, 0.2) is 42.5 Å². The zero-order chi connectivity index (χ0) is 22.5. The summed E-state index contributed by atoms with van der Waals surface area (Å²) in [6.07, 6.45) is 0. The Morgan fingerprint density at radius 3 is 2.10 bits per heavy atom. The zero-order valence-electron chi connectivity index (χ0n) is 17.6. The number of methoxy groups -OCH3 is 2. The van der Waals surface area contributed by atoms with E-state index in [1.165, 1.54) is 45.3 Å². The summed E-state index contributed by atoms with van der Waals surface area (Å²) in [5.41, 5.74) is 0.977. The Morgan fingerprint density at radius 2 is 1.57 bits per heavy atom. The van der Waals surface area contributed by atoms with Crippen molar-refractivity contribution >= 4 is 21.8 Å². The van der Waals surface area contributed by atoms with E-state index in [4.69, 9.17) is 9.47 Å². The van der Waals surface area contributed by atoms with Gasteiger partial charge >= 0.3 is 10.2 Å². The average Bonchev–Trinajstić information content (AvgIpc) is 2.72. The van der Waals surface area contributed by atoms with Crippen LogP contribution in [0, 0.1) is 5.82 Å². The normalized spacial score (nSPS) is 11.3. The van der Waals surface area contributed by atoms with Crippen LogP contribution in [0.25, 0.3) is 0 Å².